The molecule has 0 aromatic rings. The summed E-state index contributed by atoms with van der Waals surface area (Å²) in [5.74, 6) is -0.0460. The highest BCUT2D eigenvalue weighted by Gasteiger charge is 2.62. The zero-order valence-corrected chi connectivity index (χ0v) is 12.0. The highest BCUT2D eigenvalue weighted by Crippen LogP contribution is 2.49. The van der Waals surface area contributed by atoms with Crippen molar-refractivity contribution in [3.63, 3.8) is 0 Å². The molecule has 17 heavy (non-hydrogen) atoms. The number of carbonyl (C=O) groups is 1. The molecule has 0 aromatic carbocycles. The highest BCUT2D eigenvalue weighted by atomic mass is 35.5. The van der Waals surface area contributed by atoms with Gasteiger partial charge in [0, 0.05) is 25.0 Å². The molecule has 102 valence electrons. The van der Waals surface area contributed by atoms with E-state index in [1.165, 1.54) is 0 Å². The van der Waals surface area contributed by atoms with Gasteiger partial charge in [-0.2, -0.15) is 0 Å². The minimum absolute atomic E-state index is 0. The van der Waals surface area contributed by atoms with E-state index in [4.69, 9.17) is 10.5 Å². The predicted octanol–water partition coefficient (Wildman–Crippen LogP) is 1.47. The second kappa shape index (κ2) is 6.03. The van der Waals surface area contributed by atoms with Crippen molar-refractivity contribution in [1.29, 1.82) is 0 Å². The molecule has 4 nitrogen and oxygen atoms in total. The fourth-order valence-corrected chi connectivity index (χ4v) is 2.22. The molecule has 2 unspecified atom stereocenters. The van der Waals surface area contributed by atoms with Crippen LogP contribution in [0.2, 0.25) is 0 Å². The first-order valence-corrected chi connectivity index (χ1v) is 6.09. The van der Waals surface area contributed by atoms with Crippen molar-refractivity contribution in [2.24, 2.45) is 11.1 Å². The molecule has 0 aliphatic heterocycles. The molecule has 0 spiro atoms. The summed E-state index contributed by atoms with van der Waals surface area (Å²) < 4.78 is 5.58. The van der Waals surface area contributed by atoms with Crippen LogP contribution in [0.15, 0.2) is 0 Å². The van der Waals surface area contributed by atoms with E-state index in [9.17, 15) is 4.79 Å². The van der Waals surface area contributed by atoms with Gasteiger partial charge in [-0.05, 0) is 13.3 Å². The Bertz CT molecular complexity index is 271. The van der Waals surface area contributed by atoms with Crippen molar-refractivity contribution >= 4 is 18.3 Å². The van der Waals surface area contributed by atoms with Crippen molar-refractivity contribution in [2.45, 2.75) is 52.2 Å². The van der Waals surface area contributed by atoms with Gasteiger partial charge < -0.3 is 15.8 Å². The van der Waals surface area contributed by atoms with Gasteiger partial charge in [0.15, 0.2) is 0 Å². The number of halogens is 1. The predicted molar refractivity (Wildman–Crippen MR) is 71.3 cm³/mol. The number of rotatable bonds is 5. The zero-order valence-electron chi connectivity index (χ0n) is 11.2. The van der Waals surface area contributed by atoms with E-state index in [0.29, 0.717) is 19.6 Å². The summed E-state index contributed by atoms with van der Waals surface area (Å²) >= 11 is 0. The molecule has 5 heteroatoms. The third kappa shape index (κ3) is 2.75. The van der Waals surface area contributed by atoms with E-state index in [-0.39, 0.29) is 29.8 Å². The standard InChI is InChI=1S/C12H24N2O2.ClH/c1-5-7-14-10(15)12(13)8-9(16-6-2)11(12,3)4;/h9H,5-8,13H2,1-4H3,(H,14,15);1H. The third-order valence-corrected chi connectivity index (χ3v) is 3.77. The van der Waals surface area contributed by atoms with Crippen LogP contribution in [-0.2, 0) is 9.53 Å². The first-order valence-electron chi connectivity index (χ1n) is 6.09. The van der Waals surface area contributed by atoms with E-state index < -0.39 is 5.54 Å². The summed E-state index contributed by atoms with van der Waals surface area (Å²) in [6.45, 7) is 9.35. The number of nitrogens with two attached hydrogens (primary N) is 1. The SMILES string of the molecule is CCCNC(=O)C1(N)CC(OCC)C1(C)C.Cl. The minimum atomic E-state index is -0.776. The molecule has 1 fully saturated rings. The number of nitrogens with one attached hydrogen (secondary N) is 1. The summed E-state index contributed by atoms with van der Waals surface area (Å²) in [6.07, 6.45) is 1.63. The van der Waals surface area contributed by atoms with Gasteiger partial charge in [-0.1, -0.05) is 20.8 Å². The maximum absolute atomic E-state index is 12.0. The topological polar surface area (TPSA) is 64.4 Å². The van der Waals surface area contributed by atoms with Gasteiger partial charge in [0.05, 0.1) is 6.10 Å². The number of hydrogen-bond donors (Lipinski definition) is 2. The molecule has 0 saturated heterocycles. The number of amides is 1. The van der Waals surface area contributed by atoms with Crippen LogP contribution < -0.4 is 11.1 Å². The molecule has 0 radical (unpaired) electrons. The van der Waals surface area contributed by atoms with Gasteiger partial charge in [-0.3, -0.25) is 4.79 Å². The molecule has 1 aliphatic carbocycles. The summed E-state index contributed by atoms with van der Waals surface area (Å²) in [5.41, 5.74) is 5.13. The largest absolute Gasteiger partial charge is 0.378 e. The smallest absolute Gasteiger partial charge is 0.240 e. The van der Waals surface area contributed by atoms with Crippen LogP contribution in [0.4, 0.5) is 0 Å². The molecule has 0 bridgehead atoms. The Morgan fingerprint density at radius 1 is 1.47 bits per heavy atom. The lowest BCUT2D eigenvalue weighted by atomic mass is 9.54. The van der Waals surface area contributed by atoms with Crippen LogP contribution in [0.25, 0.3) is 0 Å². The molecule has 0 aromatic heterocycles. The Labute approximate surface area is 110 Å². The second-order valence-corrected chi connectivity index (χ2v) is 5.10. The first-order chi connectivity index (χ1) is 7.40. The van der Waals surface area contributed by atoms with E-state index >= 15 is 0 Å². The monoisotopic (exact) mass is 264 g/mol. The Kier molecular flexibility index (Phi) is 5.91. The highest BCUT2D eigenvalue weighted by molar-refractivity contribution is 5.88. The second-order valence-electron chi connectivity index (χ2n) is 5.10. The maximum Gasteiger partial charge on any atom is 0.240 e. The fourth-order valence-electron chi connectivity index (χ4n) is 2.22. The lowest BCUT2D eigenvalue weighted by Gasteiger charge is -2.57. The van der Waals surface area contributed by atoms with Crippen LogP contribution in [0, 0.1) is 5.41 Å². The fraction of sp³-hybridized carbons (Fsp3) is 0.917. The van der Waals surface area contributed by atoms with Gasteiger partial charge in [0.25, 0.3) is 0 Å². The van der Waals surface area contributed by atoms with E-state index in [1.807, 2.05) is 27.7 Å². The molecule has 1 rings (SSSR count). The molecule has 3 N–H and O–H groups in total. The zero-order chi connectivity index (χ0) is 12.4. The van der Waals surface area contributed by atoms with Crippen molar-refractivity contribution < 1.29 is 9.53 Å². The van der Waals surface area contributed by atoms with Crippen LogP contribution in [0.5, 0.6) is 0 Å². The average Bonchev–Trinajstić information content (AvgIpc) is 2.25. The minimum Gasteiger partial charge on any atom is -0.378 e. The Morgan fingerprint density at radius 3 is 2.47 bits per heavy atom. The molecule has 1 saturated carbocycles. The Balaban J connectivity index is 0.00000256. The number of ether oxygens (including phenoxy) is 1. The quantitative estimate of drug-likeness (QED) is 0.790. The summed E-state index contributed by atoms with van der Waals surface area (Å²) in [6, 6.07) is 0. The van der Waals surface area contributed by atoms with Gasteiger partial charge in [-0.25, -0.2) is 0 Å². The van der Waals surface area contributed by atoms with Gasteiger partial charge in [0.2, 0.25) is 5.91 Å². The van der Waals surface area contributed by atoms with Crippen LogP contribution in [0.3, 0.4) is 0 Å². The van der Waals surface area contributed by atoms with Crippen molar-refractivity contribution in [2.75, 3.05) is 13.2 Å². The molecule has 0 heterocycles. The third-order valence-electron chi connectivity index (χ3n) is 3.77. The first kappa shape index (κ1) is 16.7. The van der Waals surface area contributed by atoms with Crippen LogP contribution in [0.1, 0.15) is 40.5 Å². The Morgan fingerprint density at radius 2 is 2.06 bits per heavy atom. The van der Waals surface area contributed by atoms with Crippen molar-refractivity contribution in [3.8, 4) is 0 Å². The summed E-state index contributed by atoms with van der Waals surface area (Å²) in [4.78, 5) is 12.0. The van der Waals surface area contributed by atoms with E-state index in [2.05, 4.69) is 5.32 Å². The number of hydrogen-bond acceptors (Lipinski definition) is 3. The van der Waals surface area contributed by atoms with Crippen molar-refractivity contribution in [3.05, 3.63) is 0 Å². The number of carbonyl (C=O) groups excluding carboxylic acids is 1. The van der Waals surface area contributed by atoms with E-state index in [1.54, 1.807) is 0 Å². The molecular weight excluding hydrogens is 240 g/mol. The molecule has 1 aliphatic rings. The van der Waals surface area contributed by atoms with Crippen LogP contribution >= 0.6 is 12.4 Å². The van der Waals surface area contributed by atoms with Gasteiger partial charge >= 0.3 is 0 Å². The maximum atomic E-state index is 12.0. The van der Waals surface area contributed by atoms with Crippen LogP contribution in [-0.4, -0.2) is 30.7 Å². The molecule has 2 atom stereocenters. The Hall–Kier alpha value is -0.320. The van der Waals surface area contributed by atoms with Gasteiger partial charge in [-0.15, -0.1) is 12.4 Å². The average molecular weight is 265 g/mol. The normalized spacial score (nSPS) is 30.1. The van der Waals surface area contributed by atoms with E-state index in [0.717, 1.165) is 6.42 Å². The van der Waals surface area contributed by atoms with Gasteiger partial charge in [0.1, 0.15) is 5.54 Å². The summed E-state index contributed by atoms with van der Waals surface area (Å²) in [5, 5.41) is 2.87. The molecule has 1 amide bonds. The molecular formula is C12H25ClN2O2. The van der Waals surface area contributed by atoms with Crippen molar-refractivity contribution in [1.82, 2.24) is 5.32 Å². The summed E-state index contributed by atoms with van der Waals surface area (Å²) in [7, 11) is 0. The lowest BCUT2D eigenvalue weighted by molar-refractivity contribution is -0.170. The lowest BCUT2D eigenvalue weighted by Crippen LogP contribution is -2.75.